The van der Waals surface area contributed by atoms with Crippen molar-refractivity contribution < 1.29 is 13.2 Å². The third-order valence-corrected chi connectivity index (χ3v) is 8.40. The summed E-state index contributed by atoms with van der Waals surface area (Å²) in [4.78, 5) is 15.9. The van der Waals surface area contributed by atoms with Crippen LogP contribution in [0, 0.1) is 0 Å². The van der Waals surface area contributed by atoms with Crippen molar-refractivity contribution in [1.29, 1.82) is 0 Å². The maximum absolute atomic E-state index is 12.8. The molecule has 1 aliphatic heterocycles. The second kappa shape index (κ2) is 10.9. The van der Waals surface area contributed by atoms with Gasteiger partial charge in [0.1, 0.15) is 0 Å². The molecule has 1 unspecified atom stereocenters. The topological polar surface area (TPSA) is 78.5 Å². The van der Waals surface area contributed by atoms with E-state index in [1.807, 2.05) is 36.4 Å². The molecule has 3 aromatic carbocycles. The van der Waals surface area contributed by atoms with Gasteiger partial charge >= 0.3 is 0 Å². The molecule has 4 rings (SSSR count). The van der Waals surface area contributed by atoms with Crippen molar-refractivity contribution in [3.05, 3.63) is 83.4 Å². The first kappa shape index (κ1) is 24.8. The molecule has 34 heavy (non-hydrogen) atoms. The van der Waals surface area contributed by atoms with E-state index in [1.54, 1.807) is 23.9 Å². The number of rotatable bonds is 8. The van der Waals surface area contributed by atoms with Gasteiger partial charge in [0, 0.05) is 53.1 Å². The molecule has 1 heterocycles. The number of likely N-dealkylation sites (tertiary alicyclic amines) is 1. The van der Waals surface area contributed by atoms with Crippen molar-refractivity contribution in [2.24, 2.45) is 0 Å². The minimum Gasteiger partial charge on any atom is -0.326 e. The van der Waals surface area contributed by atoms with E-state index in [-0.39, 0.29) is 16.8 Å². The van der Waals surface area contributed by atoms with E-state index < -0.39 is 10.0 Å². The highest BCUT2D eigenvalue weighted by Gasteiger charge is 2.27. The fourth-order valence-corrected chi connectivity index (χ4v) is 6.21. The maximum Gasteiger partial charge on any atom is 0.240 e. The lowest BCUT2D eigenvalue weighted by atomic mass is 10.2. The van der Waals surface area contributed by atoms with Gasteiger partial charge < -0.3 is 5.32 Å². The molecule has 1 saturated heterocycles. The van der Waals surface area contributed by atoms with E-state index >= 15 is 0 Å². The predicted octanol–water partition coefficient (Wildman–Crippen LogP) is 5.00. The summed E-state index contributed by atoms with van der Waals surface area (Å²) in [7, 11) is -3.64. The fraction of sp³-hybridized carbons (Fsp3) is 0.240. The highest BCUT2D eigenvalue weighted by molar-refractivity contribution is 7.99. The van der Waals surface area contributed by atoms with Crippen molar-refractivity contribution in [3.8, 4) is 0 Å². The van der Waals surface area contributed by atoms with Crippen LogP contribution in [0.2, 0.25) is 5.02 Å². The van der Waals surface area contributed by atoms with Gasteiger partial charge in [0.15, 0.2) is 0 Å². The number of anilines is 1. The smallest absolute Gasteiger partial charge is 0.240 e. The Balaban J connectivity index is 1.37. The third-order valence-electron chi connectivity index (χ3n) is 5.49. The number of nitrogens with one attached hydrogen (secondary N) is 2. The molecule has 1 aliphatic rings. The van der Waals surface area contributed by atoms with Gasteiger partial charge in [-0.1, -0.05) is 41.6 Å². The molecular weight excluding hydrogens is 490 g/mol. The Hall–Kier alpha value is -2.36. The molecule has 6 nitrogen and oxygen atoms in total. The van der Waals surface area contributed by atoms with E-state index in [4.69, 9.17) is 11.6 Å². The van der Waals surface area contributed by atoms with Crippen LogP contribution >= 0.6 is 23.4 Å². The number of nitrogens with zero attached hydrogens (tertiary/aromatic N) is 1. The number of sulfonamides is 1. The van der Waals surface area contributed by atoms with Gasteiger partial charge in [-0.15, -0.1) is 0 Å². The second-order valence-electron chi connectivity index (χ2n) is 8.21. The predicted molar refractivity (Wildman–Crippen MR) is 137 cm³/mol. The summed E-state index contributed by atoms with van der Waals surface area (Å²) in [5.41, 5.74) is 1.77. The summed E-state index contributed by atoms with van der Waals surface area (Å²) in [6, 6.07) is 22.1. The van der Waals surface area contributed by atoms with Gasteiger partial charge in [-0.05, 0) is 66.6 Å². The van der Waals surface area contributed by atoms with Gasteiger partial charge in [0.25, 0.3) is 0 Å². The Kier molecular flexibility index (Phi) is 7.95. The van der Waals surface area contributed by atoms with E-state index in [1.165, 1.54) is 29.5 Å². The Bertz CT molecular complexity index is 1250. The summed E-state index contributed by atoms with van der Waals surface area (Å²) in [5.74, 6) is -0.201. The number of benzene rings is 3. The fourth-order valence-electron chi connectivity index (χ4n) is 3.89. The van der Waals surface area contributed by atoms with E-state index in [0.29, 0.717) is 17.3 Å². The molecule has 0 bridgehead atoms. The number of carbonyl (C=O) groups is 1. The molecule has 178 valence electrons. The standard InChI is InChI=1S/C25H26ClN3O3S2/c1-18(30)27-21-8-12-24(13-9-21)34(31,32)28-22-14-15-29(17-22)16-19-4-2-3-5-25(19)33-23-10-6-20(26)7-11-23/h2-13,22,28H,14-17H2,1H3,(H,27,30). The average Bonchev–Trinajstić information content (AvgIpc) is 3.22. The molecule has 2 N–H and O–H groups in total. The van der Waals surface area contributed by atoms with Gasteiger partial charge in [-0.3, -0.25) is 9.69 Å². The first-order valence-electron chi connectivity index (χ1n) is 10.9. The lowest BCUT2D eigenvalue weighted by molar-refractivity contribution is -0.114. The summed E-state index contributed by atoms with van der Waals surface area (Å²) < 4.78 is 28.5. The quantitative estimate of drug-likeness (QED) is 0.441. The minimum atomic E-state index is -3.64. The molecule has 1 atom stereocenters. The largest absolute Gasteiger partial charge is 0.326 e. The van der Waals surface area contributed by atoms with Gasteiger partial charge in [0.2, 0.25) is 15.9 Å². The molecule has 1 fully saturated rings. The van der Waals surface area contributed by atoms with Crippen molar-refractivity contribution in [1.82, 2.24) is 9.62 Å². The average molecular weight is 516 g/mol. The lowest BCUT2D eigenvalue weighted by Crippen LogP contribution is -2.37. The van der Waals surface area contributed by atoms with E-state index in [0.717, 1.165) is 24.4 Å². The van der Waals surface area contributed by atoms with Gasteiger partial charge in [-0.2, -0.15) is 0 Å². The molecule has 1 amide bonds. The van der Waals surface area contributed by atoms with Crippen LogP contribution < -0.4 is 10.0 Å². The third kappa shape index (κ3) is 6.61. The van der Waals surface area contributed by atoms with Crippen LogP contribution in [0.5, 0.6) is 0 Å². The summed E-state index contributed by atoms with van der Waals surface area (Å²) >= 11 is 7.70. The zero-order chi connectivity index (χ0) is 24.1. The van der Waals surface area contributed by atoms with Gasteiger partial charge in [-0.25, -0.2) is 13.1 Å². The second-order valence-corrected chi connectivity index (χ2v) is 11.5. The van der Waals surface area contributed by atoms with Crippen LogP contribution in [0.3, 0.4) is 0 Å². The van der Waals surface area contributed by atoms with Crippen molar-refractivity contribution in [3.63, 3.8) is 0 Å². The zero-order valence-electron chi connectivity index (χ0n) is 18.7. The Morgan fingerprint density at radius 1 is 1.06 bits per heavy atom. The zero-order valence-corrected chi connectivity index (χ0v) is 21.1. The highest BCUT2D eigenvalue weighted by Crippen LogP contribution is 2.32. The molecular formula is C25H26ClN3O3S2. The highest BCUT2D eigenvalue weighted by atomic mass is 35.5. The molecule has 0 spiro atoms. The van der Waals surface area contributed by atoms with E-state index in [2.05, 4.69) is 27.1 Å². The molecule has 9 heteroatoms. The first-order chi connectivity index (χ1) is 16.3. The molecule has 0 aliphatic carbocycles. The number of halogens is 1. The SMILES string of the molecule is CC(=O)Nc1ccc(S(=O)(=O)NC2CCN(Cc3ccccc3Sc3ccc(Cl)cc3)C2)cc1. The van der Waals surface area contributed by atoms with Crippen LogP contribution in [0.4, 0.5) is 5.69 Å². The van der Waals surface area contributed by atoms with Crippen LogP contribution in [0.1, 0.15) is 18.9 Å². The van der Waals surface area contributed by atoms with Crippen LogP contribution in [0.25, 0.3) is 0 Å². The summed E-state index contributed by atoms with van der Waals surface area (Å²) in [6.07, 6.45) is 0.746. The number of carbonyl (C=O) groups excluding carboxylic acids is 1. The Labute approximate surface area is 209 Å². The molecule has 0 saturated carbocycles. The van der Waals surface area contributed by atoms with Crippen LogP contribution in [-0.2, 0) is 21.4 Å². The van der Waals surface area contributed by atoms with Crippen LogP contribution in [0.15, 0.2) is 87.5 Å². The Morgan fingerprint density at radius 3 is 2.47 bits per heavy atom. The summed E-state index contributed by atoms with van der Waals surface area (Å²) in [5, 5.41) is 3.35. The monoisotopic (exact) mass is 515 g/mol. The lowest BCUT2D eigenvalue weighted by Gasteiger charge is -2.19. The first-order valence-corrected chi connectivity index (χ1v) is 13.6. The minimum absolute atomic E-state index is 0.156. The molecule has 0 radical (unpaired) electrons. The molecule has 0 aromatic heterocycles. The van der Waals surface area contributed by atoms with Crippen molar-refractivity contribution in [2.75, 3.05) is 18.4 Å². The van der Waals surface area contributed by atoms with Crippen molar-refractivity contribution >= 4 is 45.0 Å². The number of amides is 1. The van der Waals surface area contributed by atoms with Crippen molar-refractivity contribution in [2.45, 2.75) is 40.6 Å². The van der Waals surface area contributed by atoms with E-state index in [9.17, 15) is 13.2 Å². The van der Waals surface area contributed by atoms with Crippen LogP contribution in [-0.4, -0.2) is 38.4 Å². The summed E-state index contributed by atoms with van der Waals surface area (Å²) in [6.45, 7) is 3.62. The normalized spacial score (nSPS) is 16.5. The number of hydrogen-bond donors (Lipinski definition) is 2. The van der Waals surface area contributed by atoms with Gasteiger partial charge in [0.05, 0.1) is 4.90 Å². The maximum atomic E-state index is 12.8. The Morgan fingerprint density at radius 2 is 1.76 bits per heavy atom. The number of hydrogen-bond acceptors (Lipinski definition) is 5. The molecule has 3 aromatic rings.